The highest BCUT2D eigenvalue weighted by Gasteiger charge is 2.24. The molecule has 0 aromatic heterocycles. The van der Waals surface area contributed by atoms with Crippen molar-refractivity contribution < 1.29 is 8.42 Å². The van der Waals surface area contributed by atoms with Crippen LogP contribution in [0.3, 0.4) is 0 Å². The maximum Gasteiger partial charge on any atom is 0.265 e. The fourth-order valence-electron chi connectivity index (χ4n) is 1.91. The van der Waals surface area contributed by atoms with E-state index in [1.165, 1.54) is 17.4 Å². The second-order valence-corrected chi connectivity index (χ2v) is 7.12. The summed E-state index contributed by atoms with van der Waals surface area (Å²) < 4.78 is 26.6. The van der Waals surface area contributed by atoms with Gasteiger partial charge in [0.1, 0.15) is 4.90 Å². The molecule has 2 rings (SSSR count). The number of benzene rings is 2. The zero-order valence-corrected chi connectivity index (χ0v) is 13.4. The van der Waals surface area contributed by atoms with Crippen molar-refractivity contribution in [1.82, 2.24) is 0 Å². The summed E-state index contributed by atoms with van der Waals surface area (Å²) in [7, 11) is -2.22. The van der Waals surface area contributed by atoms with Crippen LogP contribution < -0.4 is 10.0 Å². The highest BCUT2D eigenvalue weighted by molar-refractivity contribution is 7.93. The number of nitrogens with two attached hydrogens (primary N) is 1. The lowest BCUT2D eigenvalue weighted by Crippen LogP contribution is -2.27. The van der Waals surface area contributed by atoms with Gasteiger partial charge in [-0.1, -0.05) is 35.4 Å². The van der Waals surface area contributed by atoms with E-state index in [0.717, 1.165) is 11.1 Å². The van der Waals surface area contributed by atoms with Gasteiger partial charge in [-0.2, -0.15) is 0 Å². The predicted octanol–water partition coefficient (Wildman–Crippen LogP) is 2.93. The number of hydrogen-bond acceptors (Lipinski definition) is 3. The molecule has 0 saturated heterocycles. The minimum Gasteiger partial charge on any atom is -0.326 e. The van der Waals surface area contributed by atoms with Crippen molar-refractivity contribution in [2.24, 2.45) is 5.73 Å². The van der Waals surface area contributed by atoms with Gasteiger partial charge in [0.25, 0.3) is 10.0 Å². The van der Waals surface area contributed by atoms with E-state index >= 15 is 0 Å². The van der Waals surface area contributed by atoms with Crippen molar-refractivity contribution in [3.63, 3.8) is 0 Å². The molecule has 2 N–H and O–H groups in total. The van der Waals surface area contributed by atoms with Gasteiger partial charge in [-0.05, 0) is 36.8 Å². The van der Waals surface area contributed by atoms with Gasteiger partial charge in [-0.15, -0.1) is 0 Å². The monoisotopic (exact) mass is 324 g/mol. The topological polar surface area (TPSA) is 63.4 Å². The Hall–Kier alpha value is -1.56. The van der Waals surface area contributed by atoms with Crippen LogP contribution >= 0.6 is 11.6 Å². The standard InChI is InChI=1S/C15H17ClN2O2S/c1-11-3-6-13(7-4-11)18(2)21(19,20)15-9-12(10-17)5-8-14(15)16/h3-9H,10,17H2,1-2H3. The van der Waals surface area contributed by atoms with Crippen LogP contribution in [0.15, 0.2) is 47.4 Å². The molecule has 0 amide bonds. The molecule has 21 heavy (non-hydrogen) atoms. The van der Waals surface area contributed by atoms with Crippen LogP contribution in [0.2, 0.25) is 5.02 Å². The van der Waals surface area contributed by atoms with Gasteiger partial charge in [0.2, 0.25) is 0 Å². The Balaban J connectivity index is 2.48. The average Bonchev–Trinajstić information content (AvgIpc) is 2.47. The zero-order chi connectivity index (χ0) is 15.6. The number of rotatable bonds is 4. The molecule has 0 heterocycles. The van der Waals surface area contributed by atoms with E-state index < -0.39 is 10.0 Å². The number of nitrogens with zero attached hydrogens (tertiary/aromatic N) is 1. The van der Waals surface area contributed by atoms with Crippen LogP contribution in [0, 0.1) is 6.92 Å². The Morgan fingerprint density at radius 1 is 1.14 bits per heavy atom. The first kappa shape index (κ1) is 15.8. The predicted molar refractivity (Wildman–Crippen MR) is 86.1 cm³/mol. The van der Waals surface area contributed by atoms with E-state index in [9.17, 15) is 8.42 Å². The molecule has 0 atom stereocenters. The summed E-state index contributed by atoms with van der Waals surface area (Å²) in [5.41, 5.74) is 7.92. The fraction of sp³-hybridized carbons (Fsp3) is 0.200. The number of anilines is 1. The largest absolute Gasteiger partial charge is 0.326 e. The summed E-state index contributed by atoms with van der Waals surface area (Å²) in [6.07, 6.45) is 0. The highest BCUT2D eigenvalue weighted by atomic mass is 35.5. The molecule has 2 aromatic rings. The van der Waals surface area contributed by atoms with Gasteiger partial charge in [0.05, 0.1) is 10.7 Å². The Morgan fingerprint density at radius 3 is 2.33 bits per heavy atom. The lowest BCUT2D eigenvalue weighted by molar-refractivity contribution is 0.594. The Labute approximate surface area is 130 Å². The van der Waals surface area contributed by atoms with Crippen molar-refractivity contribution >= 4 is 27.3 Å². The van der Waals surface area contributed by atoms with Gasteiger partial charge < -0.3 is 5.73 Å². The van der Waals surface area contributed by atoms with E-state index in [1.807, 2.05) is 19.1 Å². The summed E-state index contributed by atoms with van der Waals surface area (Å²) in [6.45, 7) is 2.20. The third-order valence-corrected chi connectivity index (χ3v) is 5.53. The number of hydrogen-bond donors (Lipinski definition) is 1. The summed E-state index contributed by atoms with van der Waals surface area (Å²) >= 11 is 6.05. The Kier molecular flexibility index (Phi) is 4.56. The molecule has 0 fully saturated rings. The average molecular weight is 325 g/mol. The summed E-state index contributed by atoms with van der Waals surface area (Å²) in [4.78, 5) is 0.0650. The minimum absolute atomic E-state index is 0.0650. The zero-order valence-electron chi connectivity index (χ0n) is 11.9. The molecule has 0 unspecified atom stereocenters. The molecule has 0 bridgehead atoms. The van der Waals surface area contributed by atoms with Crippen molar-refractivity contribution in [2.75, 3.05) is 11.4 Å². The van der Waals surface area contributed by atoms with E-state index in [2.05, 4.69) is 0 Å². The van der Waals surface area contributed by atoms with E-state index in [0.29, 0.717) is 5.69 Å². The first-order valence-electron chi connectivity index (χ1n) is 6.40. The molecule has 0 aliphatic rings. The Morgan fingerprint density at radius 2 is 1.76 bits per heavy atom. The summed E-state index contributed by atoms with van der Waals surface area (Å²) in [6, 6.07) is 12.0. The molecule has 0 saturated carbocycles. The van der Waals surface area contributed by atoms with Crippen molar-refractivity contribution in [3.05, 3.63) is 58.6 Å². The second-order valence-electron chi connectivity index (χ2n) is 4.78. The first-order valence-corrected chi connectivity index (χ1v) is 8.22. The molecule has 6 heteroatoms. The highest BCUT2D eigenvalue weighted by Crippen LogP contribution is 2.28. The molecule has 0 aliphatic carbocycles. The fourth-order valence-corrected chi connectivity index (χ4v) is 3.63. The van der Waals surface area contributed by atoms with Gasteiger partial charge in [0.15, 0.2) is 0 Å². The molecule has 2 aromatic carbocycles. The molecule has 0 aliphatic heterocycles. The van der Waals surface area contributed by atoms with Gasteiger partial charge >= 0.3 is 0 Å². The third kappa shape index (κ3) is 3.20. The summed E-state index contributed by atoms with van der Waals surface area (Å²) in [5, 5.41) is 0.186. The van der Waals surface area contributed by atoms with E-state index in [4.69, 9.17) is 17.3 Å². The van der Waals surface area contributed by atoms with Crippen LogP contribution in [0.25, 0.3) is 0 Å². The molecule has 0 radical (unpaired) electrons. The maximum absolute atomic E-state index is 12.7. The van der Waals surface area contributed by atoms with Crippen molar-refractivity contribution in [1.29, 1.82) is 0 Å². The van der Waals surface area contributed by atoms with Gasteiger partial charge in [0, 0.05) is 13.6 Å². The lowest BCUT2D eigenvalue weighted by atomic mass is 10.2. The third-order valence-electron chi connectivity index (χ3n) is 3.27. The lowest BCUT2D eigenvalue weighted by Gasteiger charge is -2.20. The van der Waals surface area contributed by atoms with Crippen LogP contribution in [0.4, 0.5) is 5.69 Å². The SMILES string of the molecule is Cc1ccc(N(C)S(=O)(=O)c2cc(CN)ccc2Cl)cc1. The second kappa shape index (κ2) is 6.05. The minimum atomic E-state index is -3.72. The van der Waals surface area contributed by atoms with Crippen LogP contribution in [0.5, 0.6) is 0 Å². The molecular weight excluding hydrogens is 308 g/mol. The van der Waals surface area contributed by atoms with E-state index in [1.54, 1.807) is 24.3 Å². The quantitative estimate of drug-likeness (QED) is 0.940. The van der Waals surface area contributed by atoms with Crippen molar-refractivity contribution in [3.8, 4) is 0 Å². The maximum atomic E-state index is 12.7. The van der Waals surface area contributed by atoms with Crippen molar-refractivity contribution in [2.45, 2.75) is 18.4 Å². The number of aryl methyl sites for hydroxylation is 1. The molecule has 4 nitrogen and oxygen atoms in total. The Bertz CT molecular complexity index is 743. The van der Waals surface area contributed by atoms with Gasteiger partial charge in [-0.3, -0.25) is 4.31 Å². The summed E-state index contributed by atoms with van der Waals surface area (Å²) in [5.74, 6) is 0. The molecule has 0 spiro atoms. The number of halogens is 1. The van der Waals surface area contributed by atoms with Crippen LogP contribution in [0.1, 0.15) is 11.1 Å². The van der Waals surface area contributed by atoms with E-state index in [-0.39, 0.29) is 16.5 Å². The van der Waals surface area contributed by atoms with Gasteiger partial charge in [-0.25, -0.2) is 8.42 Å². The molecular formula is C15H17ClN2O2S. The smallest absolute Gasteiger partial charge is 0.265 e. The van der Waals surface area contributed by atoms with Crippen LogP contribution in [-0.4, -0.2) is 15.5 Å². The van der Waals surface area contributed by atoms with Crippen LogP contribution in [-0.2, 0) is 16.6 Å². The molecule has 112 valence electrons. The normalized spacial score (nSPS) is 11.4. The first-order chi connectivity index (χ1) is 9.86. The number of sulfonamides is 1.